The highest BCUT2D eigenvalue weighted by atomic mass is 16.5. The van der Waals surface area contributed by atoms with E-state index in [9.17, 15) is 4.79 Å². The van der Waals surface area contributed by atoms with Gasteiger partial charge in [-0.3, -0.25) is 4.79 Å². The van der Waals surface area contributed by atoms with Gasteiger partial charge in [0.2, 0.25) is 5.91 Å². The zero-order valence-corrected chi connectivity index (χ0v) is 13.2. The second-order valence-corrected chi connectivity index (χ2v) is 7.34. The zero-order valence-electron chi connectivity index (χ0n) is 13.2. The van der Waals surface area contributed by atoms with E-state index in [1.165, 1.54) is 0 Å². The summed E-state index contributed by atoms with van der Waals surface area (Å²) in [4.78, 5) is 12.4. The quantitative estimate of drug-likeness (QED) is 0.831. The monoisotopic (exact) mass is 282 g/mol. The Hall–Kier alpha value is -0.610. The first-order valence-electron chi connectivity index (χ1n) is 8.02. The van der Waals surface area contributed by atoms with Crippen molar-refractivity contribution in [1.82, 2.24) is 5.32 Å². The molecule has 2 rings (SSSR count). The molecule has 0 aromatic rings. The third-order valence-electron chi connectivity index (χ3n) is 5.41. The van der Waals surface area contributed by atoms with E-state index in [-0.39, 0.29) is 23.3 Å². The van der Waals surface area contributed by atoms with Crippen molar-refractivity contribution in [2.24, 2.45) is 28.9 Å². The molecule has 1 aliphatic carbocycles. The highest BCUT2D eigenvalue weighted by Gasteiger charge is 2.36. The predicted octanol–water partition coefficient (Wildman–Crippen LogP) is 1.93. The Bertz CT molecular complexity index is 339. The van der Waals surface area contributed by atoms with Gasteiger partial charge in [0.1, 0.15) is 0 Å². The van der Waals surface area contributed by atoms with E-state index in [4.69, 9.17) is 10.5 Å². The van der Waals surface area contributed by atoms with Crippen molar-refractivity contribution < 1.29 is 9.53 Å². The van der Waals surface area contributed by atoms with Crippen LogP contribution in [0.5, 0.6) is 0 Å². The van der Waals surface area contributed by atoms with Crippen molar-refractivity contribution in [2.45, 2.75) is 52.5 Å². The van der Waals surface area contributed by atoms with Gasteiger partial charge in [0.15, 0.2) is 0 Å². The number of ether oxygens (including phenoxy) is 1. The van der Waals surface area contributed by atoms with Crippen LogP contribution in [0, 0.1) is 23.2 Å². The molecule has 1 amide bonds. The van der Waals surface area contributed by atoms with Gasteiger partial charge in [-0.05, 0) is 42.9 Å². The van der Waals surface area contributed by atoms with Crippen LogP contribution in [0.25, 0.3) is 0 Å². The minimum Gasteiger partial charge on any atom is -0.381 e. The van der Waals surface area contributed by atoms with Gasteiger partial charge in [0.05, 0.1) is 0 Å². The summed E-state index contributed by atoms with van der Waals surface area (Å²) in [5.74, 6) is 1.26. The molecule has 1 aliphatic heterocycles. The number of rotatable bonds is 3. The summed E-state index contributed by atoms with van der Waals surface area (Å²) >= 11 is 0. The summed E-state index contributed by atoms with van der Waals surface area (Å²) in [5.41, 5.74) is 6.33. The Morgan fingerprint density at radius 1 is 1.25 bits per heavy atom. The highest BCUT2D eigenvalue weighted by molar-refractivity contribution is 5.79. The molecule has 4 nitrogen and oxygen atoms in total. The normalized spacial score (nSPS) is 37.4. The average molecular weight is 282 g/mol. The van der Waals surface area contributed by atoms with E-state index >= 15 is 0 Å². The second-order valence-electron chi connectivity index (χ2n) is 7.34. The van der Waals surface area contributed by atoms with Crippen molar-refractivity contribution in [2.75, 3.05) is 19.8 Å². The topological polar surface area (TPSA) is 64.3 Å². The van der Waals surface area contributed by atoms with Gasteiger partial charge < -0.3 is 15.8 Å². The minimum absolute atomic E-state index is 0.0876. The number of carbonyl (C=O) groups excluding carboxylic acids is 1. The Morgan fingerprint density at radius 3 is 2.55 bits per heavy atom. The molecular weight excluding hydrogens is 252 g/mol. The Balaban J connectivity index is 1.85. The lowest BCUT2D eigenvalue weighted by atomic mass is 9.72. The number of hydrogen-bond acceptors (Lipinski definition) is 3. The molecule has 4 atom stereocenters. The maximum absolute atomic E-state index is 12.4. The minimum atomic E-state index is 0.0876. The zero-order chi connectivity index (χ0) is 14.8. The van der Waals surface area contributed by atoms with Crippen molar-refractivity contribution >= 4 is 5.91 Å². The SMILES string of the molecule is CC1CC(C)C(C(=O)NCC2(C)CCOCC2)CC1N. The van der Waals surface area contributed by atoms with E-state index in [2.05, 4.69) is 26.1 Å². The molecule has 0 radical (unpaired) electrons. The van der Waals surface area contributed by atoms with Crippen LogP contribution >= 0.6 is 0 Å². The maximum atomic E-state index is 12.4. The van der Waals surface area contributed by atoms with Crippen LogP contribution in [-0.2, 0) is 9.53 Å². The predicted molar refractivity (Wildman–Crippen MR) is 80.2 cm³/mol. The molecule has 0 bridgehead atoms. The third-order valence-corrected chi connectivity index (χ3v) is 5.41. The summed E-state index contributed by atoms with van der Waals surface area (Å²) in [6.45, 7) is 9.02. The number of nitrogens with one attached hydrogen (secondary N) is 1. The number of carbonyl (C=O) groups is 1. The van der Waals surface area contributed by atoms with Crippen molar-refractivity contribution in [3.63, 3.8) is 0 Å². The number of nitrogens with two attached hydrogens (primary N) is 1. The first-order chi connectivity index (χ1) is 9.41. The Morgan fingerprint density at radius 2 is 1.90 bits per heavy atom. The molecule has 4 unspecified atom stereocenters. The lowest BCUT2D eigenvalue weighted by Crippen LogP contribution is -2.47. The molecule has 0 spiro atoms. The summed E-state index contributed by atoms with van der Waals surface area (Å²) < 4.78 is 5.40. The van der Waals surface area contributed by atoms with Gasteiger partial charge in [-0.15, -0.1) is 0 Å². The lowest BCUT2D eigenvalue weighted by Gasteiger charge is -2.38. The van der Waals surface area contributed by atoms with Crippen LogP contribution in [0.15, 0.2) is 0 Å². The molecule has 0 aromatic carbocycles. The molecule has 20 heavy (non-hydrogen) atoms. The maximum Gasteiger partial charge on any atom is 0.223 e. The van der Waals surface area contributed by atoms with Crippen LogP contribution in [0.4, 0.5) is 0 Å². The molecule has 1 saturated heterocycles. The van der Waals surface area contributed by atoms with Crippen molar-refractivity contribution in [3.05, 3.63) is 0 Å². The first kappa shape index (κ1) is 15.8. The molecule has 1 heterocycles. The fourth-order valence-electron chi connectivity index (χ4n) is 3.52. The van der Waals surface area contributed by atoms with Crippen molar-refractivity contribution in [1.29, 1.82) is 0 Å². The first-order valence-corrected chi connectivity index (χ1v) is 8.02. The molecular formula is C16H30N2O2. The highest BCUT2D eigenvalue weighted by Crippen LogP contribution is 2.33. The van der Waals surface area contributed by atoms with Crippen molar-refractivity contribution in [3.8, 4) is 0 Å². The largest absolute Gasteiger partial charge is 0.381 e. The van der Waals surface area contributed by atoms with Crippen LogP contribution < -0.4 is 11.1 Å². The molecule has 1 saturated carbocycles. The number of amides is 1. The molecule has 3 N–H and O–H groups in total. The smallest absolute Gasteiger partial charge is 0.223 e. The second kappa shape index (κ2) is 6.44. The van der Waals surface area contributed by atoms with Gasteiger partial charge in [0, 0.05) is 31.7 Å². The number of hydrogen-bond donors (Lipinski definition) is 2. The molecule has 2 aliphatic rings. The standard InChI is InChI=1S/C16H30N2O2/c1-11-8-12(2)14(17)9-13(11)15(19)18-10-16(3)4-6-20-7-5-16/h11-14H,4-10,17H2,1-3H3,(H,18,19). The average Bonchev–Trinajstić information content (AvgIpc) is 2.41. The van der Waals surface area contributed by atoms with Crippen LogP contribution in [0.1, 0.15) is 46.5 Å². The van der Waals surface area contributed by atoms with Gasteiger partial charge >= 0.3 is 0 Å². The van der Waals surface area contributed by atoms with E-state index in [1.807, 2.05) is 0 Å². The molecule has 4 heteroatoms. The fraction of sp³-hybridized carbons (Fsp3) is 0.938. The third kappa shape index (κ3) is 3.73. The Labute approximate surface area is 122 Å². The van der Waals surface area contributed by atoms with E-state index in [1.54, 1.807) is 0 Å². The summed E-state index contributed by atoms with van der Waals surface area (Å²) in [6.07, 6.45) is 3.95. The van der Waals surface area contributed by atoms with Gasteiger partial charge in [-0.2, -0.15) is 0 Å². The molecule has 2 fully saturated rings. The van der Waals surface area contributed by atoms with Crippen LogP contribution in [0.3, 0.4) is 0 Å². The van der Waals surface area contributed by atoms with E-state index in [0.29, 0.717) is 11.8 Å². The summed E-state index contributed by atoms with van der Waals surface area (Å²) in [6, 6.07) is 0.167. The Kier molecular flexibility index (Phi) is 5.08. The summed E-state index contributed by atoms with van der Waals surface area (Å²) in [7, 11) is 0. The lowest BCUT2D eigenvalue weighted by molar-refractivity contribution is -0.129. The van der Waals surface area contributed by atoms with E-state index < -0.39 is 0 Å². The van der Waals surface area contributed by atoms with Gasteiger partial charge in [0.25, 0.3) is 0 Å². The molecule has 116 valence electrons. The van der Waals surface area contributed by atoms with Gasteiger partial charge in [-0.25, -0.2) is 0 Å². The fourth-order valence-corrected chi connectivity index (χ4v) is 3.52. The van der Waals surface area contributed by atoms with E-state index in [0.717, 1.165) is 45.4 Å². The molecule has 0 aromatic heterocycles. The summed E-state index contributed by atoms with van der Waals surface area (Å²) in [5, 5.41) is 3.18. The van der Waals surface area contributed by atoms with Crippen LogP contribution in [0.2, 0.25) is 0 Å². The van der Waals surface area contributed by atoms with Gasteiger partial charge in [-0.1, -0.05) is 20.8 Å². The van der Waals surface area contributed by atoms with Crippen LogP contribution in [-0.4, -0.2) is 31.7 Å².